The molecule has 0 aliphatic carbocycles. The summed E-state index contributed by atoms with van der Waals surface area (Å²) in [6.07, 6.45) is 1.61. The van der Waals surface area contributed by atoms with E-state index in [2.05, 4.69) is 19.7 Å². The number of nitrogens with two attached hydrogens (primary N) is 1. The number of amides is 1. The van der Waals surface area contributed by atoms with Gasteiger partial charge in [-0.2, -0.15) is 12.8 Å². The highest BCUT2D eigenvalue weighted by Crippen LogP contribution is 2.31. The van der Waals surface area contributed by atoms with E-state index in [1.807, 2.05) is 34.6 Å². The predicted octanol–water partition coefficient (Wildman–Crippen LogP) is 4.43. The molecule has 3 N–H and O–H groups in total. The molecule has 3 heterocycles. The molecule has 0 aliphatic rings. The number of hydrogen-bond donors (Lipinski definition) is 2. The lowest BCUT2D eigenvalue weighted by atomic mass is 9.96. The Hall–Kier alpha value is -3.80. The van der Waals surface area contributed by atoms with E-state index in [1.165, 1.54) is 36.4 Å². The van der Waals surface area contributed by atoms with Crippen LogP contribution in [0.15, 0.2) is 47.5 Å². The summed E-state index contributed by atoms with van der Waals surface area (Å²) < 4.78 is 47.9. The number of nitrogens with zero attached hydrogens (tertiary/aromatic N) is 4. The molecule has 0 saturated heterocycles. The smallest absolute Gasteiger partial charge is 0.281 e. The van der Waals surface area contributed by atoms with Crippen LogP contribution in [0.1, 0.15) is 57.8 Å². The Bertz CT molecular complexity index is 1450. The van der Waals surface area contributed by atoms with E-state index in [-0.39, 0.29) is 39.5 Å². The van der Waals surface area contributed by atoms with Gasteiger partial charge >= 0.3 is 0 Å². The van der Waals surface area contributed by atoms with Gasteiger partial charge in [-0.25, -0.2) is 19.7 Å². The Kier molecular flexibility index (Phi) is 9.10. The van der Waals surface area contributed by atoms with Crippen molar-refractivity contribution in [2.45, 2.75) is 58.0 Å². The van der Waals surface area contributed by atoms with Gasteiger partial charge in [0.15, 0.2) is 5.03 Å². The van der Waals surface area contributed by atoms with Gasteiger partial charge in [-0.3, -0.25) is 4.79 Å². The lowest BCUT2D eigenvalue weighted by Crippen LogP contribution is -2.43. The number of anilines is 2. The zero-order valence-electron chi connectivity index (χ0n) is 23.0. The molecule has 1 amide bonds. The Labute approximate surface area is 228 Å². The van der Waals surface area contributed by atoms with Crippen LogP contribution in [0.5, 0.6) is 5.75 Å². The van der Waals surface area contributed by atoms with E-state index >= 15 is 0 Å². The topological polar surface area (TPSA) is 140 Å². The molecule has 3 rings (SSSR count). The second-order valence-corrected chi connectivity index (χ2v) is 11.9. The second-order valence-electron chi connectivity index (χ2n) is 10.2. The largest absolute Gasteiger partial charge is 0.493 e. The van der Waals surface area contributed by atoms with E-state index in [4.69, 9.17) is 10.5 Å². The number of nitrogen functional groups attached to an aromatic ring is 1. The first-order chi connectivity index (χ1) is 18.2. The zero-order valence-corrected chi connectivity index (χ0v) is 23.8. The molecule has 0 radical (unpaired) electrons. The van der Waals surface area contributed by atoms with Crippen LogP contribution in [0.4, 0.5) is 16.0 Å². The fourth-order valence-corrected chi connectivity index (χ4v) is 4.79. The average Bonchev–Trinajstić information content (AvgIpc) is 2.86. The van der Waals surface area contributed by atoms with Crippen LogP contribution in [-0.4, -0.2) is 48.5 Å². The SMILES string of the molecule is CCCC(C)(C)N(C)c1nc(-c2cc(OCC(C)C)cc(F)n2)ccc1C(=O)NS(=O)(=O)c1cccc(N)n1. The maximum absolute atomic E-state index is 14.4. The fraction of sp³-hybridized carbons (Fsp3) is 0.407. The molecule has 0 spiro atoms. The van der Waals surface area contributed by atoms with Crippen molar-refractivity contribution in [2.75, 3.05) is 24.3 Å². The normalized spacial score (nSPS) is 11.9. The maximum atomic E-state index is 14.4. The molecule has 0 fully saturated rings. The number of nitrogens with one attached hydrogen (secondary N) is 1. The molecule has 10 nitrogen and oxygen atoms in total. The Morgan fingerprint density at radius 1 is 1.13 bits per heavy atom. The summed E-state index contributed by atoms with van der Waals surface area (Å²) in [7, 11) is -2.55. The number of sulfonamides is 1. The number of aromatic nitrogens is 3. The summed E-state index contributed by atoms with van der Waals surface area (Å²) in [6.45, 7) is 10.4. The first-order valence-corrected chi connectivity index (χ1v) is 14.1. The van der Waals surface area contributed by atoms with Gasteiger partial charge in [-0.15, -0.1) is 0 Å². The van der Waals surface area contributed by atoms with Crippen molar-refractivity contribution in [2.24, 2.45) is 5.92 Å². The Balaban J connectivity index is 2.08. The summed E-state index contributed by atoms with van der Waals surface area (Å²) in [5, 5.41) is -0.389. The van der Waals surface area contributed by atoms with E-state index in [9.17, 15) is 17.6 Å². The van der Waals surface area contributed by atoms with E-state index in [0.29, 0.717) is 12.4 Å². The molecule has 39 heavy (non-hydrogen) atoms. The number of rotatable bonds is 11. The van der Waals surface area contributed by atoms with E-state index in [0.717, 1.165) is 12.8 Å². The van der Waals surface area contributed by atoms with Gasteiger partial charge in [0.25, 0.3) is 15.9 Å². The van der Waals surface area contributed by atoms with Gasteiger partial charge in [0, 0.05) is 24.7 Å². The number of pyridine rings is 3. The van der Waals surface area contributed by atoms with Gasteiger partial charge in [0.2, 0.25) is 5.95 Å². The number of carbonyl (C=O) groups excluding carboxylic acids is 1. The number of ether oxygens (including phenoxy) is 1. The van der Waals surface area contributed by atoms with Gasteiger partial charge in [-0.05, 0) is 50.5 Å². The third-order valence-electron chi connectivity index (χ3n) is 6.07. The minimum atomic E-state index is -4.32. The van der Waals surface area contributed by atoms with Crippen molar-refractivity contribution in [1.82, 2.24) is 19.7 Å². The molecule has 0 atom stereocenters. The molecular weight excluding hydrogens is 523 g/mol. The summed E-state index contributed by atoms with van der Waals surface area (Å²) in [4.78, 5) is 27.6. The lowest BCUT2D eigenvalue weighted by Gasteiger charge is -2.37. The highest BCUT2D eigenvalue weighted by Gasteiger charge is 2.30. The lowest BCUT2D eigenvalue weighted by molar-refractivity contribution is 0.0981. The Morgan fingerprint density at radius 3 is 2.49 bits per heavy atom. The van der Waals surface area contributed by atoms with Crippen LogP contribution in [0.2, 0.25) is 0 Å². The van der Waals surface area contributed by atoms with Gasteiger partial charge in [-0.1, -0.05) is 33.3 Å². The highest BCUT2D eigenvalue weighted by atomic mass is 32.2. The monoisotopic (exact) mass is 558 g/mol. The van der Waals surface area contributed by atoms with Gasteiger partial charge in [0.1, 0.15) is 17.4 Å². The third kappa shape index (κ3) is 7.41. The van der Waals surface area contributed by atoms with Crippen molar-refractivity contribution < 1.29 is 22.3 Å². The number of hydrogen-bond acceptors (Lipinski definition) is 9. The van der Waals surface area contributed by atoms with E-state index in [1.54, 1.807) is 18.0 Å². The van der Waals surface area contributed by atoms with Crippen molar-refractivity contribution in [3.8, 4) is 17.1 Å². The molecular formula is C27H35FN6O4S. The zero-order chi connectivity index (χ0) is 29.0. The third-order valence-corrected chi connectivity index (χ3v) is 7.30. The van der Waals surface area contributed by atoms with Crippen molar-refractivity contribution in [3.05, 3.63) is 54.0 Å². The van der Waals surface area contributed by atoms with E-state index < -0.39 is 27.4 Å². The first kappa shape index (κ1) is 29.8. The highest BCUT2D eigenvalue weighted by molar-refractivity contribution is 7.90. The molecule has 3 aromatic rings. The summed E-state index contributed by atoms with van der Waals surface area (Å²) in [5.74, 6) is -0.901. The quantitative estimate of drug-likeness (QED) is 0.327. The number of halogens is 1. The first-order valence-electron chi connectivity index (χ1n) is 12.6. The molecule has 0 saturated carbocycles. The molecule has 0 aromatic carbocycles. The Morgan fingerprint density at radius 2 is 1.85 bits per heavy atom. The standard InChI is InChI=1S/C27H35FN6O4S/c1-7-13-27(4,5)34(6)25-19(26(35)33-39(36,37)24-10-8-9-23(29)32-24)11-12-20(31-25)21-14-18(15-22(28)30-21)38-16-17(2)3/h8-12,14-15,17H,7,13,16H2,1-6H3,(H2,29,32)(H,33,35). The van der Waals surface area contributed by atoms with Crippen LogP contribution in [-0.2, 0) is 10.0 Å². The maximum Gasteiger partial charge on any atom is 0.281 e. The second kappa shape index (κ2) is 11.9. The molecule has 0 unspecified atom stereocenters. The predicted molar refractivity (Wildman–Crippen MR) is 148 cm³/mol. The summed E-state index contributed by atoms with van der Waals surface area (Å²) in [6, 6.07) is 9.79. The van der Waals surface area contributed by atoms with Crippen LogP contribution < -0.4 is 20.1 Å². The molecule has 210 valence electrons. The minimum absolute atomic E-state index is 0.00239. The van der Waals surface area contributed by atoms with Crippen LogP contribution in [0.25, 0.3) is 11.4 Å². The van der Waals surface area contributed by atoms with Crippen LogP contribution in [0.3, 0.4) is 0 Å². The van der Waals surface area contributed by atoms with Crippen molar-refractivity contribution >= 4 is 27.6 Å². The molecule has 0 aliphatic heterocycles. The molecule has 12 heteroatoms. The summed E-state index contributed by atoms with van der Waals surface area (Å²) in [5.41, 5.74) is 5.66. The summed E-state index contributed by atoms with van der Waals surface area (Å²) >= 11 is 0. The van der Waals surface area contributed by atoms with Crippen molar-refractivity contribution in [1.29, 1.82) is 0 Å². The number of carbonyl (C=O) groups is 1. The average molecular weight is 559 g/mol. The fourth-order valence-electron chi connectivity index (χ4n) is 3.85. The van der Waals surface area contributed by atoms with Crippen LogP contribution >= 0.6 is 0 Å². The minimum Gasteiger partial charge on any atom is -0.493 e. The van der Waals surface area contributed by atoms with Gasteiger partial charge < -0.3 is 15.4 Å². The van der Waals surface area contributed by atoms with Crippen molar-refractivity contribution in [3.63, 3.8) is 0 Å². The van der Waals surface area contributed by atoms with Crippen LogP contribution in [0, 0.1) is 11.9 Å². The van der Waals surface area contributed by atoms with Gasteiger partial charge in [0.05, 0.1) is 23.6 Å². The molecule has 0 bridgehead atoms. The molecule has 3 aromatic heterocycles.